The third-order valence-corrected chi connectivity index (χ3v) is 3.61. The lowest BCUT2D eigenvalue weighted by Gasteiger charge is -2.32. The van der Waals surface area contributed by atoms with Crippen molar-refractivity contribution in [2.45, 2.75) is 32.1 Å². The zero-order valence-electron chi connectivity index (χ0n) is 9.56. The lowest BCUT2D eigenvalue weighted by atomic mass is 9.91. The van der Waals surface area contributed by atoms with E-state index in [2.05, 4.69) is 18.2 Å². The molecule has 0 saturated carbocycles. The molecule has 1 aliphatic carbocycles. The molecule has 1 heterocycles. The van der Waals surface area contributed by atoms with Crippen molar-refractivity contribution in [2.24, 2.45) is 11.8 Å². The van der Waals surface area contributed by atoms with Crippen LogP contribution in [0, 0.1) is 23.2 Å². The molecule has 1 amide bonds. The number of hydrogen-bond acceptors (Lipinski definition) is 2. The number of nitriles is 1. The van der Waals surface area contributed by atoms with E-state index in [0.29, 0.717) is 5.91 Å². The number of amides is 1. The second kappa shape index (κ2) is 5.16. The van der Waals surface area contributed by atoms with Crippen LogP contribution in [0.1, 0.15) is 32.1 Å². The van der Waals surface area contributed by atoms with Crippen molar-refractivity contribution >= 4 is 5.91 Å². The summed E-state index contributed by atoms with van der Waals surface area (Å²) in [6.07, 6.45) is 8.91. The standard InChI is InChI=1S/C13H18N2O/c14-10-11-6-8-15(9-7-11)13(16)12-4-2-1-3-5-12/h1-2,11-12H,3-9H2/t12-/m0/s1. The minimum Gasteiger partial charge on any atom is -0.342 e. The van der Waals surface area contributed by atoms with Gasteiger partial charge in [0, 0.05) is 24.9 Å². The first-order valence-electron chi connectivity index (χ1n) is 6.14. The van der Waals surface area contributed by atoms with E-state index in [1.54, 1.807) is 0 Å². The van der Waals surface area contributed by atoms with Crippen LogP contribution >= 0.6 is 0 Å². The summed E-state index contributed by atoms with van der Waals surface area (Å²) < 4.78 is 0. The Kier molecular flexibility index (Phi) is 3.61. The quantitative estimate of drug-likeness (QED) is 0.633. The molecular weight excluding hydrogens is 200 g/mol. The number of carbonyl (C=O) groups excluding carboxylic acids is 1. The Labute approximate surface area is 96.7 Å². The van der Waals surface area contributed by atoms with E-state index in [1.807, 2.05) is 4.90 Å². The van der Waals surface area contributed by atoms with E-state index in [1.165, 1.54) is 0 Å². The average Bonchev–Trinajstić information content (AvgIpc) is 2.39. The monoisotopic (exact) mass is 218 g/mol. The molecule has 1 saturated heterocycles. The van der Waals surface area contributed by atoms with Crippen molar-refractivity contribution in [1.29, 1.82) is 5.26 Å². The first kappa shape index (κ1) is 11.2. The predicted molar refractivity (Wildman–Crippen MR) is 61.4 cm³/mol. The van der Waals surface area contributed by atoms with Gasteiger partial charge in [-0.05, 0) is 32.1 Å². The summed E-state index contributed by atoms with van der Waals surface area (Å²) in [6, 6.07) is 2.29. The molecular formula is C13H18N2O. The van der Waals surface area contributed by atoms with Crippen LogP contribution in [0.4, 0.5) is 0 Å². The topological polar surface area (TPSA) is 44.1 Å². The average molecular weight is 218 g/mol. The Morgan fingerprint density at radius 1 is 1.25 bits per heavy atom. The summed E-state index contributed by atoms with van der Waals surface area (Å²) in [5, 5.41) is 8.80. The van der Waals surface area contributed by atoms with Gasteiger partial charge in [0.2, 0.25) is 5.91 Å². The highest BCUT2D eigenvalue weighted by molar-refractivity contribution is 5.79. The fraction of sp³-hybridized carbons (Fsp3) is 0.692. The van der Waals surface area contributed by atoms with Gasteiger partial charge in [0.25, 0.3) is 0 Å². The van der Waals surface area contributed by atoms with E-state index in [4.69, 9.17) is 5.26 Å². The molecule has 0 aromatic heterocycles. The van der Waals surface area contributed by atoms with Gasteiger partial charge in [-0.25, -0.2) is 0 Å². The zero-order valence-corrected chi connectivity index (χ0v) is 9.56. The van der Waals surface area contributed by atoms with E-state index in [0.717, 1.165) is 45.2 Å². The Bertz CT molecular complexity index is 321. The number of carbonyl (C=O) groups is 1. The zero-order chi connectivity index (χ0) is 11.4. The smallest absolute Gasteiger partial charge is 0.226 e. The summed E-state index contributed by atoms with van der Waals surface area (Å²) >= 11 is 0. The van der Waals surface area contributed by atoms with Crippen LogP contribution < -0.4 is 0 Å². The number of likely N-dealkylation sites (tertiary alicyclic amines) is 1. The first-order valence-corrected chi connectivity index (χ1v) is 6.14. The van der Waals surface area contributed by atoms with Gasteiger partial charge in [0.05, 0.1) is 6.07 Å². The Balaban J connectivity index is 1.86. The fourth-order valence-corrected chi connectivity index (χ4v) is 2.51. The van der Waals surface area contributed by atoms with E-state index in [-0.39, 0.29) is 11.8 Å². The van der Waals surface area contributed by atoms with Gasteiger partial charge in [0.1, 0.15) is 0 Å². The number of nitrogens with zero attached hydrogens (tertiary/aromatic N) is 2. The third-order valence-electron chi connectivity index (χ3n) is 3.61. The summed E-state index contributed by atoms with van der Waals surface area (Å²) in [4.78, 5) is 14.1. The largest absolute Gasteiger partial charge is 0.342 e. The van der Waals surface area contributed by atoms with Gasteiger partial charge in [-0.3, -0.25) is 4.79 Å². The maximum atomic E-state index is 12.2. The van der Waals surface area contributed by atoms with Crippen molar-refractivity contribution in [3.8, 4) is 6.07 Å². The number of rotatable bonds is 1. The van der Waals surface area contributed by atoms with Gasteiger partial charge < -0.3 is 4.90 Å². The molecule has 1 atom stereocenters. The van der Waals surface area contributed by atoms with E-state index in [9.17, 15) is 4.79 Å². The van der Waals surface area contributed by atoms with E-state index < -0.39 is 0 Å². The highest BCUT2D eigenvalue weighted by Crippen LogP contribution is 2.23. The summed E-state index contributed by atoms with van der Waals surface area (Å²) in [5.41, 5.74) is 0. The lowest BCUT2D eigenvalue weighted by molar-refractivity contribution is -0.137. The predicted octanol–water partition coefficient (Wildman–Crippen LogP) is 2.10. The minimum absolute atomic E-state index is 0.162. The lowest BCUT2D eigenvalue weighted by Crippen LogP contribution is -2.41. The number of hydrogen-bond donors (Lipinski definition) is 0. The molecule has 0 spiro atoms. The molecule has 1 fully saturated rings. The molecule has 16 heavy (non-hydrogen) atoms. The molecule has 0 unspecified atom stereocenters. The highest BCUT2D eigenvalue weighted by Gasteiger charge is 2.27. The molecule has 0 aromatic rings. The van der Waals surface area contributed by atoms with Crippen LogP contribution in [-0.2, 0) is 4.79 Å². The molecule has 2 aliphatic rings. The fourth-order valence-electron chi connectivity index (χ4n) is 2.51. The normalized spacial score (nSPS) is 26.4. The Morgan fingerprint density at radius 3 is 2.56 bits per heavy atom. The van der Waals surface area contributed by atoms with Crippen molar-refractivity contribution in [2.75, 3.05) is 13.1 Å². The maximum Gasteiger partial charge on any atom is 0.226 e. The van der Waals surface area contributed by atoms with Crippen LogP contribution in [0.3, 0.4) is 0 Å². The van der Waals surface area contributed by atoms with Gasteiger partial charge in [-0.2, -0.15) is 5.26 Å². The first-order chi connectivity index (χ1) is 7.81. The van der Waals surface area contributed by atoms with Gasteiger partial charge in [-0.15, -0.1) is 0 Å². The maximum absolute atomic E-state index is 12.2. The van der Waals surface area contributed by atoms with Crippen molar-refractivity contribution < 1.29 is 4.79 Å². The number of allylic oxidation sites excluding steroid dienone is 2. The van der Waals surface area contributed by atoms with Crippen molar-refractivity contribution in [3.63, 3.8) is 0 Å². The minimum atomic E-state index is 0.162. The van der Waals surface area contributed by atoms with Crippen molar-refractivity contribution in [1.82, 2.24) is 4.90 Å². The van der Waals surface area contributed by atoms with Gasteiger partial charge in [-0.1, -0.05) is 12.2 Å². The Hall–Kier alpha value is -1.30. The van der Waals surface area contributed by atoms with Gasteiger partial charge >= 0.3 is 0 Å². The summed E-state index contributed by atoms with van der Waals surface area (Å²) in [7, 11) is 0. The Morgan fingerprint density at radius 2 is 2.00 bits per heavy atom. The van der Waals surface area contributed by atoms with Crippen LogP contribution in [0.15, 0.2) is 12.2 Å². The molecule has 0 N–H and O–H groups in total. The second-order valence-electron chi connectivity index (χ2n) is 4.71. The molecule has 0 aromatic carbocycles. The van der Waals surface area contributed by atoms with Crippen LogP contribution in [0.2, 0.25) is 0 Å². The highest BCUT2D eigenvalue weighted by atomic mass is 16.2. The molecule has 0 bridgehead atoms. The van der Waals surface area contributed by atoms with E-state index >= 15 is 0 Å². The summed E-state index contributed by atoms with van der Waals surface area (Å²) in [6.45, 7) is 1.55. The molecule has 0 radical (unpaired) electrons. The SMILES string of the molecule is N#CC1CCN(C(=O)[C@H]2CC=CCC2)CC1. The van der Waals surface area contributed by atoms with Crippen LogP contribution in [0.25, 0.3) is 0 Å². The molecule has 3 heteroatoms. The molecule has 3 nitrogen and oxygen atoms in total. The molecule has 2 rings (SSSR count). The van der Waals surface area contributed by atoms with Crippen LogP contribution in [-0.4, -0.2) is 23.9 Å². The van der Waals surface area contributed by atoms with Gasteiger partial charge in [0.15, 0.2) is 0 Å². The molecule has 86 valence electrons. The van der Waals surface area contributed by atoms with Crippen molar-refractivity contribution in [3.05, 3.63) is 12.2 Å². The number of piperidine rings is 1. The van der Waals surface area contributed by atoms with Crippen LogP contribution in [0.5, 0.6) is 0 Å². The molecule has 1 aliphatic heterocycles. The third kappa shape index (κ3) is 2.44. The second-order valence-corrected chi connectivity index (χ2v) is 4.71. The summed E-state index contributed by atoms with van der Waals surface area (Å²) in [5.74, 6) is 0.666.